The van der Waals surface area contributed by atoms with Crippen molar-refractivity contribution in [2.75, 3.05) is 5.32 Å². The van der Waals surface area contributed by atoms with Crippen molar-refractivity contribution in [1.82, 2.24) is 19.5 Å². The number of nitrogens with zero attached hydrogens (tertiary/aromatic N) is 4. The van der Waals surface area contributed by atoms with Crippen LogP contribution in [-0.4, -0.2) is 25.4 Å². The van der Waals surface area contributed by atoms with Gasteiger partial charge in [-0.15, -0.1) is 0 Å². The van der Waals surface area contributed by atoms with Crippen LogP contribution in [0.4, 0.5) is 5.69 Å². The van der Waals surface area contributed by atoms with Gasteiger partial charge in [-0.1, -0.05) is 48.5 Å². The number of fused-ring (bicyclic) bond motifs is 1. The molecule has 0 spiro atoms. The van der Waals surface area contributed by atoms with E-state index in [1.807, 2.05) is 60.7 Å². The monoisotopic (exact) mass is 399 g/mol. The molecule has 0 aliphatic rings. The van der Waals surface area contributed by atoms with Gasteiger partial charge in [0.25, 0.3) is 5.56 Å². The van der Waals surface area contributed by atoms with E-state index in [-0.39, 0.29) is 23.4 Å². The summed E-state index contributed by atoms with van der Waals surface area (Å²) in [5.74, 6) is 0.399. The number of hydrogen-bond acceptors (Lipinski definition) is 5. The lowest BCUT2D eigenvalue weighted by Crippen LogP contribution is -2.28. The fraction of sp³-hybridized carbons (Fsp3) is 0.174. The number of carbonyl (C=O) groups excluding carboxylic acids is 1. The Morgan fingerprint density at radius 3 is 2.37 bits per heavy atom. The van der Waals surface area contributed by atoms with Crippen LogP contribution in [0.1, 0.15) is 17.8 Å². The van der Waals surface area contributed by atoms with E-state index in [0.717, 1.165) is 11.3 Å². The lowest BCUT2D eigenvalue weighted by atomic mass is 10.1. The number of aryl methyl sites for hydroxylation is 2. The van der Waals surface area contributed by atoms with Gasteiger partial charge in [-0.2, -0.15) is 0 Å². The molecule has 0 unspecified atom stereocenters. The van der Waals surface area contributed by atoms with Crippen molar-refractivity contribution in [2.24, 2.45) is 0 Å². The zero-order chi connectivity index (χ0) is 20.8. The van der Waals surface area contributed by atoms with Gasteiger partial charge in [-0.25, -0.2) is 15.0 Å². The van der Waals surface area contributed by atoms with E-state index in [2.05, 4.69) is 20.3 Å². The number of para-hydroxylation sites is 1. The fourth-order valence-corrected chi connectivity index (χ4v) is 3.27. The van der Waals surface area contributed by atoms with Crippen molar-refractivity contribution in [3.8, 4) is 0 Å². The molecule has 150 valence electrons. The first-order valence-corrected chi connectivity index (χ1v) is 9.80. The summed E-state index contributed by atoms with van der Waals surface area (Å²) in [6, 6.07) is 19.2. The molecule has 0 aliphatic carbocycles. The van der Waals surface area contributed by atoms with E-state index < -0.39 is 0 Å². The molecule has 2 aromatic heterocycles. The van der Waals surface area contributed by atoms with Crippen molar-refractivity contribution in [2.45, 2.75) is 25.8 Å². The fourth-order valence-electron chi connectivity index (χ4n) is 3.27. The third-order valence-corrected chi connectivity index (χ3v) is 4.77. The Hall–Kier alpha value is -3.87. The summed E-state index contributed by atoms with van der Waals surface area (Å²) in [4.78, 5) is 38.3. The van der Waals surface area contributed by atoms with Crippen LogP contribution in [0.15, 0.2) is 77.9 Å². The van der Waals surface area contributed by atoms with Crippen LogP contribution in [0, 0.1) is 0 Å². The summed E-state index contributed by atoms with van der Waals surface area (Å²) >= 11 is 0. The van der Waals surface area contributed by atoms with E-state index in [0.29, 0.717) is 30.9 Å². The van der Waals surface area contributed by atoms with Crippen LogP contribution in [0.25, 0.3) is 11.2 Å². The number of carbonyl (C=O) groups is 1. The molecule has 0 saturated heterocycles. The van der Waals surface area contributed by atoms with E-state index in [9.17, 15) is 9.59 Å². The largest absolute Gasteiger partial charge is 0.326 e. The van der Waals surface area contributed by atoms with Gasteiger partial charge < -0.3 is 5.32 Å². The molecule has 7 nitrogen and oxygen atoms in total. The van der Waals surface area contributed by atoms with E-state index in [1.165, 1.54) is 12.4 Å². The highest BCUT2D eigenvalue weighted by atomic mass is 16.1. The second-order valence-corrected chi connectivity index (χ2v) is 6.86. The number of nitrogens with one attached hydrogen (secondary N) is 1. The molecule has 2 heterocycles. The maximum atomic E-state index is 13.0. The van der Waals surface area contributed by atoms with Gasteiger partial charge in [0.05, 0.1) is 0 Å². The number of anilines is 1. The smallest absolute Gasteiger partial charge is 0.281 e. The summed E-state index contributed by atoms with van der Waals surface area (Å²) in [6.45, 7) is 0.456. The quantitative estimate of drug-likeness (QED) is 0.516. The zero-order valence-corrected chi connectivity index (χ0v) is 16.4. The van der Waals surface area contributed by atoms with Gasteiger partial charge in [-0.05, 0) is 24.1 Å². The SMILES string of the molecule is O=C(CCc1nc2nccnc2c(=O)n1CCc1ccccc1)Nc1ccccc1. The minimum Gasteiger partial charge on any atom is -0.326 e. The lowest BCUT2D eigenvalue weighted by molar-refractivity contribution is -0.116. The van der Waals surface area contributed by atoms with Crippen molar-refractivity contribution >= 4 is 22.8 Å². The molecule has 0 saturated carbocycles. The summed E-state index contributed by atoms with van der Waals surface area (Å²) in [6.07, 6.45) is 4.21. The first-order valence-electron chi connectivity index (χ1n) is 9.80. The van der Waals surface area contributed by atoms with Gasteiger partial charge >= 0.3 is 0 Å². The number of hydrogen-bond donors (Lipinski definition) is 1. The number of benzene rings is 2. The molecule has 0 fully saturated rings. The van der Waals surface area contributed by atoms with Crippen molar-refractivity contribution < 1.29 is 4.79 Å². The maximum absolute atomic E-state index is 13.0. The molecule has 0 bridgehead atoms. The van der Waals surface area contributed by atoms with Crippen LogP contribution < -0.4 is 10.9 Å². The Morgan fingerprint density at radius 1 is 0.900 bits per heavy atom. The van der Waals surface area contributed by atoms with E-state index in [1.54, 1.807) is 4.57 Å². The third-order valence-electron chi connectivity index (χ3n) is 4.77. The molecule has 0 atom stereocenters. The Kier molecular flexibility index (Phi) is 5.89. The normalized spacial score (nSPS) is 10.8. The molecular formula is C23H21N5O2. The van der Waals surface area contributed by atoms with Crippen LogP contribution in [-0.2, 0) is 24.2 Å². The number of aromatic nitrogens is 4. The minimum absolute atomic E-state index is 0.135. The highest BCUT2D eigenvalue weighted by Crippen LogP contribution is 2.10. The summed E-state index contributed by atoms with van der Waals surface area (Å²) < 4.78 is 1.61. The lowest BCUT2D eigenvalue weighted by Gasteiger charge is -2.13. The number of amides is 1. The highest BCUT2D eigenvalue weighted by Gasteiger charge is 2.14. The molecule has 4 aromatic rings. The van der Waals surface area contributed by atoms with Gasteiger partial charge in [-0.3, -0.25) is 14.2 Å². The van der Waals surface area contributed by atoms with Crippen LogP contribution in [0.5, 0.6) is 0 Å². The minimum atomic E-state index is -0.234. The van der Waals surface area contributed by atoms with Gasteiger partial charge in [0.15, 0.2) is 11.2 Å². The number of rotatable bonds is 7. The molecule has 0 radical (unpaired) electrons. The predicted molar refractivity (Wildman–Crippen MR) is 115 cm³/mol. The Labute approximate surface area is 173 Å². The summed E-state index contributed by atoms with van der Waals surface area (Å²) in [5.41, 5.74) is 2.17. The summed E-state index contributed by atoms with van der Waals surface area (Å²) in [5, 5.41) is 2.86. The zero-order valence-electron chi connectivity index (χ0n) is 16.4. The maximum Gasteiger partial charge on any atom is 0.281 e. The molecule has 4 rings (SSSR count). The molecule has 30 heavy (non-hydrogen) atoms. The first kappa shape index (κ1) is 19.4. The van der Waals surface area contributed by atoms with Crippen LogP contribution >= 0.6 is 0 Å². The third kappa shape index (κ3) is 4.57. The van der Waals surface area contributed by atoms with E-state index >= 15 is 0 Å². The molecule has 1 amide bonds. The van der Waals surface area contributed by atoms with Crippen molar-refractivity contribution in [1.29, 1.82) is 0 Å². The standard InChI is InChI=1S/C23H21N5O2/c29-20(26-18-9-5-2-6-10-18)12-11-19-27-22-21(24-14-15-25-22)23(30)28(19)16-13-17-7-3-1-4-8-17/h1-10,14-15H,11-13,16H2,(H,26,29). The Morgan fingerprint density at radius 2 is 1.60 bits per heavy atom. The topological polar surface area (TPSA) is 89.8 Å². The molecule has 7 heteroatoms. The van der Waals surface area contributed by atoms with Gasteiger partial charge in [0.1, 0.15) is 5.82 Å². The Bertz CT molecular complexity index is 1210. The molecular weight excluding hydrogens is 378 g/mol. The summed E-state index contributed by atoms with van der Waals surface area (Å²) in [7, 11) is 0. The van der Waals surface area contributed by atoms with Crippen molar-refractivity contribution in [3.63, 3.8) is 0 Å². The molecule has 2 aromatic carbocycles. The van der Waals surface area contributed by atoms with Gasteiger partial charge in [0.2, 0.25) is 5.91 Å². The average Bonchev–Trinajstić information content (AvgIpc) is 2.78. The van der Waals surface area contributed by atoms with Crippen LogP contribution in [0.2, 0.25) is 0 Å². The second-order valence-electron chi connectivity index (χ2n) is 6.86. The molecule has 0 aliphatic heterocycles. The highest BCUT2D eigenvalue weighted by molar-refractivity contribution is 5.90. The average molecular weight is 399 g/mol. The first-order chi connectivity index (χ1) is 14.7. The predicted octanol–water partition coefficient (Wildman–Crippen LogP) is 3.00. The van der Waals surface area contributed by atoms with Crippen molar-refractivity contribution in [3.05, 3.63) is 94.8 Å². The Balaban J connectivity index is 1.57. The second kappa shape index (κ2) is 9.09. The van der Waals surface area contributed by atoms with Crippen LogP contribution in [0.3, 0.4) is 0 Å². The molecule has 1 N–H and O–H groups in total. The van der Waals surface area contributed by atoms with Gasteiger partial charge in [0, 0.05) is 37.5 Å². The van der Waals surface area contributed by atoms with E-state index in [4.69, 9.17) is 0 Å².